The molecule has 0 bridgehead atoms. The van der Waals surface area contributed by atoms with Crippen molar-refractivity contribution in [3.05, 3.63) is 59.7 Å². The zero-order valence-electron chi connectivity index (χ0n) is 12.6. The van der Waals surface area contributed by atoms with Gasteiger partial charge in [-0.1, -0.05) is 37.3 Å². The Morgan fingerprint density at radius 3 is 2.57 bits per heavy atom. The van der Waals surface area contributed by atoms with E-state index in [4.69, 9.17) is 9.47 Å². The molecule has 2 aromatic carbocycles. The molecule has 0 saturated carbocycles. The molecular weight excluding hydrogens is 264 g/mol. The van der Waals surface area contributed by atoms with Gasteiger partial charge in [0.25, 0.3) is 0 Å². The third kappa shape index (κ3) is 3.99. The van der Waals surface area contributed by atoms with Gasteiger partial charge in [0, 0.05) is 5.56 Å². The average Bonchev–Trinajstić information content (AvgIpc) is 2.53. The molecule has 2 aromatic rings. The van der Waals surface area contributed by atoms with Crippen LogP contribution in [0.5, 0.6) is 11.5 Å². The molecule has 0 amide bonds. The lowest BCUT2D eigenvalue weighted by atomic mass is 10.0. The molecule has 2 rings (SSSR count). The van der Waals surface area contributed by atoms with E-state index in [0.717, 1.165) is 29.0 Å². The van der Waals surface area contributed by atoms with Gasteiger partial charge in [-0.3, -0.25) is 0 Å². The lowest BCUT2D eigenvalue weighted by Crippen LogP contribution is -2.05. The first-order valence-electron chi connectivity index (χ1n) is 7.38. The minimum atomic E-state index is -0.724. The van der Waals surface area contributed by atoms with E-state index in [-0.39, 0.29) is 0 Å². The van der Waals surface area contributed by atoms with Gasteiger partial charge in [0.2, 0.25) is 0 Å². The van der Waals surface area contributed by atoms with Gasteiger partial charge in [0.1, 0.15) is 17.6 Å². The maximum Gasteiger partial charge on any atom is 0.125 e. The van der Waals surface area contributed by atoms with Crippen LogP contribution in [0.1, 0.15) is 37.5 Å². The minimum absolute atomic E-state index is 0.607. The van der Waals surface area contributed by atoms with Gasteiger partial charge in [0.15, 0.2) is 0 Å². The van der Waals surface area contributed by atoms with Crippen molar-refractivity contribution in [3.8, 4) is 11.5 Å². The van der Waals surface area contributed by atoms with E-state index in [9.17, 15) is 5.11 Å². The van der Waals surface area contributed by atoms with Gasteiger partial charge in [-0.25, -0.2) is 0 Å². The Morgan fingerprint density at radius 1 is 1.00 bits per heavy atom. The molecule has 112 valence electrons. The molecule has 3 heteroatoms. The first-order valence-corrected chi connectivity index (χ1v) is 7.38. The van der Waals surface area contributed by atoms with Crippen LogP contribution < -0.4 is 9.47 Å². The lowest BCUT2D eigenvalue weighted by molar-refractivity contribution is 0.210. The minimum Gasteiger partial charge on any atom is -0.494 e. The molecule has 0 aromatic heterocycles. The highest BCUT2D eigenvalue weighted by Crippen LogP contribution is 2.31. The number of aliphatic hydroxyl groups is 1. The number of para-hydroxylation sites is 1. The van der Waals surface area contributed by atoms with Crippen molar-refractivity contribution in [2.75, 3.05) is 13.2 Å². The van der Waals surface area contributed by atoms with Crippen molar-refractivity contribution >= 4 is 0 Å². The highest BCUT2D eigenvalue weighted by atomic mass is 16.5. The van der Waals surface area contributed by atoms with Crippen molar-refractivity contribution in [1.29, 1.82) is 0 Å². The molecule has 0 aliphatic carbocycles. The Balaban J connectivity index is 2.26. The third-order valence-corrected chi connectivity index (χ3v) is 3.16. The number of benzene rings is 2. The van der Waals surface area contributed by atoms with E-state index in [1.807, 2.05) is 55.5 Å². The molecule has 1 unspecified atom stereocenters. The second-order valence-electron chi connectivity index (χ2n) is 4.79. The molecule has 0 aliphatic rings. The number of rotatable bonds is 7. The Kier molecular flexibility index (Phi) is 5.64. The van der Waals surface area contributed by atoms with Crippen LogP contribution in [0, 0.1) is 0 Å². The highest BCUT2D eigenvalue weighted by molar-refractivity contribution is 5.42. The van der Waals surface area contributed by atoms with E-state index < -0.39 is 6.10 Å². The Bertz CT molecular complexity index is 566. The van der Waals surface area contributed by atoms with Crippen LogP contribution in [0.15, 0.2) is 48.5 Å². The highest BCUT2D eigenvalue weighted by Gasteiger charge is 2.15. The van der Waals surface area contributed by atoms with E-state index >= 15 is 0 Å². The molecule has 1 N–H and O–H groups in total. The summed E-state index contributed by atoms with van der Waals surface area (Å²) < 4.78 is 11.2. The van der Waals surface area contributed by atoms with E-state index in [1.165, 1.54) is 0 Å². The van der Waals surface area contributed by atoms with Crippen molar-refractivity contribution in [2.45, 2.75) is 26.4 Å². The van der Waals surface area contributed by atoms with Crippen molar-refractivity contribution in [3.63, 3.8) is 0 Å². The van der Waals surface area contributed by atoms with Gasteiger partial charge in [-0.05, 0) is 37.1 Å². The second-order valence-corrected chi connectivity index (χ2v) is 4.79. The fourth-order valence-corrected chi connectivity index (χ4v) is 2.17. The number of hydrogen-bond acceptors (Lipinski definition) is 3. The molecule has 0 spiro atoms. The molecule has 0 aliphatic heterocycles. The maximum absolute atomic E-state index is 10.6. The van der Waals surface area contributed by atoms with Gasteiger partial charge in [0.05, 0.1) is 13.2 Å². The maximum atomic E-state index is 10.6. The molecule has 1 atom stereocenters. The summed E-state index contributed by atoms with van der Waals surface area (Å²) in [5.41, 5.74) is 1.58. The molecule has 0 radical (unpaired) electrons. The predicted octanol–water partition coefficient (Wildman–Crippen LogP) is 3.96. The fraction of sp³-hybridized carbons (Fsp3) is 0.333. The number of hydrogen-bond donors (Lipinski definition) is 1. The monoisotopic (exact) mass is 286 g/mol. The summed E-state index contributed by atoms with van der Waals surface area (Å²) >= 11 is 0. The summed E-state index contributed by atoms with van der Waals surface area (Å²) in [6, 6.07) is 15.1. The van der Waals surface area contributed by atoms with Gasteiger partial charge >= 0.3 is 0 Å². The largest absolute Gasteiger partial charge is 0.494 e. The van der Waals surface area contributed by atoms with Crippen molar-refractivity contribution in [1.82, 2.24) is 0 Å². The standard InChI is InChI=1S/C18H22O3/c1-3-12-21-17-11-6-5-10-16(17)18(19)14-8-7-9-15(13-14)20-4-2/h5-11,13,18-19H,3-4,12H2,1-2H3. The SMILES string of the molecule is CCCOc1ccccc1C(O)c1cccc(OCC)c1. The molecule has 21 heavy (non-hydrogen) atoms. The van der Waals surface area contributed by atoms with E-state index in [0.29, 0.717) is 13.2 Å². The van der Waals surface area contributed by atoms with Crippen LogP contribution in [0.3, 0.4) is 0 Å². The Labute approximate surface area is 126 Å². The normalized spacial score (nSPS) is 12.0. The van der Waals surface area contributed by atoms with Gasteiger partial charge in [-0.2, -0.15) is 0 Å². The quantitative estimate of drug-likeness (QED) is 0.837. The van der Waals surface area contributed by atoms with Crippen LogP contribution in [-0.4, -0.2) is 18.3 Å². The summed E-state index contributed by atoms with van der Waals surface area (Å²) in [6.07, 6.45) is 0.211. The summed E-state index contributed by atoms with van der Waals surface area (Å²) in [7, 11) is 0. The van der Waals surface area contributed by atoms with Gasteiger partial charge in [-0.15, -0.1) is 0 Å². The summed E-state index contributed by atoms with van der Waals surface area (Å²) in [5, 5.41) is 10.6. The zero-order valence-corrected chi connectivity index (χ0v) is 12.6. The van der Waals surface area contributed by atoms with Crippen molar-refractivity contribution < 1.29 is 14.6 Å². The average molecular weight is 286 g/mol. The molecule has 0 saturated heterocycles. The predicted molar refractivity (Wildman–Crippen MR) is 83.9 cm³/mol. The van der Waals surface area contributed by atoms with E-state index in [2.05, 4.69) is 6.92 Å². The lowest BCUT2D eigenvalue weighted by Gasteiger charge is -2.17. The first-order chi connectivity index (χ1) is 10.3. The van der Waals surface area contributed by atoms with Gasteiger partial charge < -0.3 is 14.6 Å². The van der Waals surface area contributed by atoms with Crippen LogP contribution in [0.25, 0.3) is 0 Å². The van der Waals surface area contributed by atoms with E-state index in [1.54, 1.807) is 0 Å². The summed E-state index contributed by atoms with van der Waals surface area (Å²) in [6.45, 7) is 5.25. The summed E-state index contributed by atoms with van der Waals surface area (Å²) in [4.78, 5) is 0. The summed E-state index contributed by atoms with van der Waals surface area (Å²) in [5.74, 6) is 1.50. The molecule has 3 nitrogen and oxygen atoms in total. The van der Waals surface area contributed by atoms with Crippen LogP contribution in [0.4, 0.5) is 0 Å². The van der Waals surface area contributed by atoms with Crippen LogP contribution >= 0.6 is 0 Å². The fourth-order valence-electron chi connectivity index (χ4n) is 2.17. The smallest absolute Gasteiger partial charge is 0.125 e. The van der Waals surface area contributed by atoms with Crippen molar-refractivity contribution in [2.24, 2.45) is 0 Å². The first kappa shape index (κ1) is 15.4. The zero-order chi connectivity index (χ0) is 15.1. The van der Waals surface area contributed by atoms with Crippen LogP contribution in [-0.2, 0) is 0 Å². The Morgan fingerprint density at radius 2 is 1.81 bits per heavy atom. The van der Waals surface area contributed by atoms with Crippen LogP contribution in [0.2, 0.25) is 0 Å². The molecular formula is C18H22O3. The third-order valence-electron chi connectivity index (χ3n) is 3.16. The molecule has 0 fully saturated rings. The number of aliphatic hydroxyl groups excluding tert-OH is 1. The number of ether oxygens (including phenoxy) is 2. The second kappa shape index (κ2) is 7.70. The Hall–Kier alpha value is -2.00. The topological polar surface area (TPSA) is 38.7 Å². The molecule has 0 heterocycles.